The molecule has 0 bridgehead atoms. The van der Waals surface area contributed by atoms with Crippen molar-refractivity contribution < 1.29 is 18.9 Å². The molecule has 0 saturated heterocycles. The van der Waals surface area contributed by atoms with Gasteiger partial charge in [-0.2, -0.15) is 0 Å². The molecule has 0 radical (unpaired) electrons. The van der Waals surface area contributed by atoms with Crippen LogP contribution in [0, 0.1) is 0 Å². The summed E-state index contributed by atoms with van der Waals surface area (Å²) >= 11 is 0. The molecule has 0 spiro atoms. The first-order valence-electron chi connectivity index (χ1n) is 7.81. The molecule has 25 heavy (non-hydrogen) atoms. The average molecular weight is 359 g/mol. The van der Waals surface area contributed by atoms with Crippen molar-refractivity contribution in [3.8, 4) is 0 Å². The van der Waals surface area contributed by atoms with Crippen LogP contribution in [0.1, 0.15) is 34.5 Å². The van der Waals surface area contributed by atoms with E-state index in [2.05, 4.69) is 0 Å². The summed E-state index contributed by atoms with van der Waals surface area (Å²) in [4.78, 5) is 25.8. The minimum atomic E-state index is -1.02. The van der Waals surface area contributed by atoms with E-state index in [1.165, 1.54) is 12.1 Å². The van der Waals surface area contributed by atoms with Gasteiger partial charge in [-0.15, -0.1) is 0 Å². The third-order valence-electron chi connectivity index (χ3n) is 4.23. The van der Waals surface area contributed by atoms with E-state index in [9.17, 15) is 13.8 Å². The zero-order chi connectivity index (χ0) is 18.6. The van der Waals surface area contributed by atoms with Gasteiger partial charge in [-0.3, -0.25) is 9.00 Å². The molecule has 2 rings (SSSR count). The highest BCUT2D eigenvalue weighted by Gasteiger charge is 2.18. The van der Waals surface area contributed by atoms with E-state index in [0.29, 0.717) is 0 Å². The molecular formula is C19H21NO4S. The van der Waals surface area contributed by atoms with E-state index in [0.717, 1.165) is 16.0 Å². The molecule has 0 saturated carbocycles. The molecule has 0 aliphatic heterocycles. The summed E-state index contributed by atoms with van der Waals surface area (Å²) in [5.41, 5.74) is 1.93. The summed E-state index contributed by atoms with van der Waals surface area (Å²) in [7, 11) is 0.716. The Labute approximate surface area is 149 Å². The Kier molecular flexibility index (Phi) is 6.09. The highest BCUT2D eigenvalue weighted by atomic mass is 32.2. The van der Waals surface area contributed by atoms with Gasteiger partial charge in [-0.05, 0) is 42.3 Å². The quantitative estimate of drug-likeness (QED) is 0.861. The minimum absolute atomic E-state index is 0.0567. The fourth-order valence-electron chi connectivity index (χ4n) is 2.44. The Morgan fingerprint density at radius 3 is 2.12 bits per heavy atom. The number of benzene rings is 2. The number of aromatic carboxylic acids is 1. The predicted molar refractivity (Wildman–Crippen MR) is 97.1 cm³/mol. The van der Waals surface area contributed by atoms with Crippen LogP contribution in [0.3, 0.4) is 0 Å². The fourth-order valence-corrected chi connectivity index (χ4v) is 2.96. The first-order chi connectivity index (χ1) is 11.8. The first-order valence-corrected chi connectivity index (χ1v) is 9.36. The third-order valence-corrected chi connectivity index (χ3v) is 5.16. The zero-order valence-corrected chi connectivity index (χ0v) is 15.2. The van der Waals surface area contributed by atoms with Gasteiger partial charge in [0.25, 0.3) is 0 Å². The molecule has 2 unspecified atom stereocenters. The summed E-state index contributed by atoms with van der Waals surface area (Å²) in [6.45, 7) is 1.93. The fraction of sp³-hybridized carbons (Fsp3) is 0.263. The molecule has 1 N–H and O–H groups in total. The van der Waals surface area contributed by atoms with Crippen LogP contribution in [0.15, 0.2) is 53.4 Å². The number of carboxylic acids is 1. The monoisotopic (exact) mass is 359 g/mol. The van der Waals surface area contributed by atoms with Crippen LogP contribution in [0.25, 0.3) is 0 Å². The molecule has 132 valence electrons. The largest absolute Gasteiger partial charge is 0.478 e. The topological polar surface area (TPSA) is 74.7 Å². The van der Waals surface area contributed by atoms with E-state index in [4.69, 9.17) is 5.11 Å². The standard InChI is InChI=1S/C19H21NO4S/c1-13(15-8-10-17(11-9-15)25(3)24)20(2)18(21)12-14-4-6-16(7-5-14)19(22)23/h4-11,13H,12H2,1-3H3,(H,22,23). The van der Waals surface area contributed by atoms with Gasteiger partial charge in [0, 0.05) is 29.0 Å². The average Bonchev–Trinajstić information content (AvgIpc) is 2.60. The van der Waals surface area contributed by atoms with E-state index in [1.807, 2.05) is 31.2 Å². The second kappa shape index (κ2) is 8.07. The van der Waals surface area contributed by atoms with Crippen LogP contribution in [0.4, 0.5) is 0 Å². The molecule has 0 fully saturated rings. The lowest BCUT2D eigenvalue weighted by Crippen LogP contribution is -2.31. The molecule has 1 amide bonds. The number of nitrogens with zero attached hydrogens (tertiary/aromatic N) is 1. The molecule has 0 aromatic heterocycles. The second-order valence-corrected chi connectivity index (χ2v) is 7.26. The normalized spacial score (nSPS) is 13.1. The van der Waals surface area contributed by atoms with Crippen molar-refractivity contribution >= 4 is 22.7 Å². The Hall–Kier alpha value is -2.47. The van der Waals surface area contributed by atoms with Crippen molar-refractivity contribution in [2.24, 2.45) is 0 Å². The molecule has 0 aliphatic carbocycles. The Morgan fingerprint density at radius 1 is 1.08 bits per heavy atom. The zero-order valence-electron chi connectivity index (χ0n) is 14.4. The van der Waals surface area contributed by atoms with Gasteiger partial charge in [0.1, 0.15) is 0 Å². The maximum atomic E-state index is 12.5. The van der Waals surface area contributed by atoms with Crippen molar-refractivity contribution in [1.82, 2.24) is 4.90 Å². The van der Waals surface area contributed by atoms with Crippen LogP contribution in [0.2, 0.25) is 0 Å². The molecule has 6 heteroatoms. The number of carbonyl (C=O) groups excluding carboxylic acids is 1. The number of carbonyl (C=O) groups is 2. The van der Waals surface area contributed by atoms with E-state index < -0.39 is 16.8 Å². The van der Waals surface area contributed by atoms with Crippen molar-refractivity contribution in [2.45, 2.75) is 24.3 Å². The maximum Gasteiger partial charge on any atom is 0.335 e. The van der Waals surface area contributed by atoms with Gasteiger partial charge in [-0.1, -0.05) is 24.3 Å². The number of carboxylic acid groups (broad SMARTS) is 1. The predicted octanol–water partition coefficient (Wildman–Crippen LogP) is 2.88. The van der Waals surface area contributed by atoms with Crippen molar-refractivity contribution in [3.05, 3.63) is 65.2 Å². The number of amides is 1. The molecule has 2 aromatic rings. The molecule has 2 atom stereocenters. The molecular weight excluding hydrogens is 338 g/mol. The van der Waals surface area contributed by atoms with E-state index >= 15 is 0 Å². The number of likely N-dealkylation sites (N-methyl/N-ethyl adjacent to an activating group) is 1. The van der Waals surface area contributed by atoms with Crippen LogP contribution in [0.5, 0.6) is 0 Å². The number of hydrogen-bond acceptors (Lipinski definition) is 3. The molecule has 5 nitrogen and oxygen atoms in total. The van der Waals surface area contributed by atoms with Gasteiger partial charge in [0.2, 0.25) is 5.91 Å². The number of hydrogen-bond donors (Lipinski definition) is 1. The minimum Gasteiger partial charge on any atom is -0.478 e. The molecule has 0 aliphatic rings. The smallest absolute Gasteiger partial charge is 0.335 e. The van der Waals surface area contributed by atoms with Gasteiger partial charge >= 0.3 is 5.97 Å². The molecule has 0 heterocycles. The van der Waals surface area contributed by atoms with E-state index in [-0.39, 0.29) is 23.9 Å². The summed E-state index contributed by atoms with van der Waals surface area (Å²) in [5.74, 6) is -1.04. The van der Waals surface area contributed by atoms with Crippen molar-refractivity contribution in [3.63, 3.8) is 0 Å². The van der Waals surface area contributed by atoms with Gasteiger partial charge < -0.3 is 10.0 Å². The lowest BCUT2D eigenvalue weighted by Gasteiger charge is -2.25. The van der Waals surface area contributed by atoms with Crippen LogP contribution in [-0.2, 0) is 22.0 Å². The highest BCUT2D eigenvalue weighted by Crippen LogP contribution is 2.21. The van der Waals surface area contributed by atoms with Crippen LogP contribution in [-0.4, -0.2) is 39.4 Å². The van der Waals surface area contributed by atoms with Gasteiger partial charge in [-0.25, -0.2) is 4.79 Å². The SMILES string of the molecule is CC(c1ccc(S(C)=O)cc1)N(C)C(=O)Cc1ccc(C(=O)O)cc1. The second-order valence-electron chi connectivity index (χ2n) is 5.88. The van der Waals surface area contributed by atoms with Gasteiger partial charge in [0.15, 0.2) is 0 Å². The summed E-state index contributed by atoms with van der Waals surface area (Å²) < 4.78 is 11.4. The van der Waals surface area contributed by atoms with Crippen molar-refractivity contribution in [2.75, 3.05) is 13.3 Å². The first kappa shape index (κ1) is 18.9. The highest BCUT2D eigenvalue weighted by molar-refractivity contribution is 7.84. The Bertz CT molecular complexity index is 784. The maximum absolute atomic E-state index is 12.5. The summed E-state index contributed by atoms with van der Waals surface area (Å²) in [6, 6.07) is 13.6. The van der Waals surface area contributed by atoms with Crippen LogP contribution >= 0.6 is 0 Å². The van der Waals surface area contributed by atoms with Crippen molar-refractivity contribution in [1.29, 1.82) is 0 Å². The third kappa shape index (κ3) is 4.76. The lowest BCUT2D eigenvalue weighted by atomic mass is 10.1. The summed E-state index contributed by atoms with van der Waals surface area (Å²) in [6.07, 6.45) is 1.83. The van der Waals surface area contributed by atoms with E-state index in [1.54, 1.807) is 30.3 Å². The van der Waals surface area contributed by atoms with Crippen LogP contribution < -0.4 is 0 Å². The Balaban J connectivity index is 2.05. The summed E-state index contributed by atoms with van der Waals surface area (Å²) in [5, 5.41) is 8.90. The Morgan fingerprint density at radius 2 is 1.64 bits per heavy atom. The number of rotatable bonds is 6. The molecule has 2 aromatic carbocycles. The van der Waals surface area contributed by atoms with Gasteiger partial charge in [0.05, 0.1) is 18.0 Å². The lowest BCUT2D eigenvalue weighted by molar-refractivity contribution is -0.131.